The minimum Gasteiger partial charge on any atom is -0.462 e. The summed E-state index contributed by atoms with van der Waals surface area (Å²) in [6.45, 7) is 9.50. The summed E-state index contributed by atoms with van der Waals surface area (Å²) in [5.74, 6) is -1.61. The third-order valence-corrected chi connectivity index (χ3v) is 9.61. The molecule has 182 valence electrons. The van der Waals surface area contributed by atoms with Crippen molar-refractivity contribution in [1.82, 2.24) is 0 Å². The summed E-state index contributed by atoms with van der Waals surface area (Å²) in [7, 11) is 0. The molecule has 0 aromatic heterocycles. The number of fused-ring (bicyclic) bond motifs is 4. The van der Waals surface area contributed by atoms with Crippen molar-refractivity contribution in [3.63, 3.8) is 0 Å². The Kier molecular flexibility index (Phi) is 4.94. The van der Waals surface area contributed by atoms with Gasteiger partial charge in [0.15, 0.2) is 11.6 Å². The quantitative estimate of drug-likeness (QED) is 0.620. The van der Waals surface area contributed by atoms with E-state index in [1.165, 1.54) is 13.0 Å². The highest BCUT2D eigenvalue weighted by atomic mass is 16.6. The van der Waals surface area contributed by atoms with Gasteiger partial charge >= 0.3 is 11.9 Å². The molecule has 1 aliphatic heterocycles. The van der Waals surface area contributed by atoms with Crippen LogP contribution < -0.4 is 0 Å². The summed E-state index contributed by atoms with van der Waals surface area (Å²) >= 11 is 0. The lowest BCUT2D eigenvalue weighted by Gasteiger charge is -2.63. The summed E-state index contributed by atoms with van der Waals surface area (Å²) in [6, 6.07) is 0. The second kappa shape index (κ2) is 7.23. The molecule has 0 bridgehead atoms. The number of aliphatic hydroxyl groups is 1. The largest absolute Gasteiger partial charge is 0.462 e. The van der Waals surface area contributed by atoms with Gasteiger partial charge in [-0.05, 0) is 48.7 Å². The SMILES string of the molecule is CC(=O)OC1CC2C(C)(C)C(=O)C=CC2(C)C2CC(=O)C3=C(CCC3C3=CC(O)OC3=O)C12C. The average molecular weight is 469 g/mol. The van der Waals surface area contributed by atoms with Crippen LogP contribution in [0.2, 0.25) is 0 Å². The van der Waals surface area contributed by atoms with E-state index >= 15 is 0 Å². The Morgan fingerprint density at radius 2 is 1.85 bits per heavy atom. The molecule has 4 aliphatic carbocycles. The molecular formula is C27H32O7. The van der Waals surface area contributed by atoms with E-state index in [-0.39, 0.29) is 35.8 Å². The Hall–Kier alpha value is -2.54. The van der Waals surface area contributed by atoms with Crippen LogP contribution in [0.5, 0.6) is 0 Å². The number of esters is 2. The first kappa shape index (κ1) is 23.2. The first-order valence-corrected chi connectivity index (χ1v) is 12.1. The lowest BCUT2D eigenvalue weighted by molar-refractivity contribution is -0.181. The molecule has 0 aromatic carbocycles. The number of Topliss-reactive ketones (excluding diaryl/α,β-unsaturated/α-hetero) is 1. The van der Waals surface area contributed by atoms with Gasteiger partial charge in [0.1, 0.15) is 6.10 Å². The zero-order valence-electron chi connectivity index (χ0n) is 20.3. The molecule has 0 aromatic rings. The van der Waals surface area contributed by atoms with Crippen LogP contribution in [0.25, 0.3) is 0 Å². The number of ketones is 2. The van der Waals surface area contributed by atoms with E-state index in [9.17, 15) is 24.3 Å². The van der Waals surface area contributed by atoms with Gasteiger partial charge in [0.05, 0.1) is 0 Å². The third-order valence-electron chi connectivity index (χ3n) is 9.61. The predicted octanol–water partition coefficient (Wildman–Crippen LogP) is 3.21. The fourth-order valence-corrected chi connectivity index (χ4v) is 7.98. The standard InChI is InChI=1S/C27H32O7/c1-13(28)33-21-12-18-25(2,3)20(30)8-9-26(18,4)19-11-17(29)23-14(6-7-16(23)27(19,21)5)15-10-22(31)34-24(15)32/h8-10,14,18-19,21-22,31H,6-7,11-12H2,1-5H3. The van der Waals surface area contributed by atoms with Gasteiger partial charge in [-0.1, -0.05) is 39.3 Å². The molecule has 1 heterocycles. The molecule has 5 aliphatic rings. The molecule has 7 atom stereocenters. The van der Waals surface area contributed by atoms with E-state index in [0.717, 1.165) is 5.57 Å². The number of ether oxygens (including phenoxy) is 2. The Bertz CT molecular complexity index is 1110. The van der Waals surface area contributed by atoms with Crippen molar-refractivity contribution in [2.75, 3.05) is 0 Å². The lowest BCUT2D eigenvalue weighted by atomic mass is 9.41. The monoisotopic (exact) mass is 468 g/mol. The maximum atomic E-state index is 13.7. The van der Waals surface area contributed by atoms with E-state index < -0.39 is 40.5 Å². The molecule has 0 radical (unpaired) electrons. The van der Waals surface area contributed by atoms with Gasteiger partial charge in [-0.3, -0.25) is 14.4 Å². The third kappa shape index (κ3) is 2.92. The minimum absolute atomic E-state index is 0.0124. The number of aliphatic hydroxyl groups excluding tert-OH is 1. The van der Waals surface area contributed by atoms with Crippen LogP contribution in [0.1, 0.15) is 60.3 Å². The van der Waals surface area contributed by atoms with Gasteiger partial charge in [-0.25, -0.2) is 4.79 Å². The van der Waals surface area contributed by atoms with Gasteiger partial charge < -0.3 is 14.6 Å². The number of rotatable bonds is 2. The van der Waals surface area contributed by atoms with Crippen molar-refractivity contribution in [2.24, 2.45) is 34.0 Å². The molecule has 7 unspecified atom stereocenters. The van der Waals surface area contributed by atoms with E-state index in [2.05, 4.69) is 13.8 Å². The van der Waals surface area contributed by atoms with Gasteiger partial charge in [-0.2, -0.15) is 0 Å². The maximum absolute atomic E-state index is 13.7. The molecule has 0 spiro atoms. The Labute approximate surface area is 199 Å². The van der Waals surface area contributed by atoms with Gasteiger partial charge in [0, 0.05) is 41.2 Å². The number of carbonyl (C=O) groups excluding carboxylic acids is 4. The van der Waals surface area contributed by atoms with Crippen LogP contribution in [0, 0.1) is 34.0 Å². The first-order valence-electron chi connectivity index (χ1n) is 12.1. The van der Waals surface area contributed by atoms with Crippen LogP contribution in [0.15, 0.2) is 34.9 Å². The fraction of sp³-hybridized carbons (Fsp3) is 0.630. The molecule has 5 rings (SSSR count). The van der Waals surface area contributed by atoms with Crippen molar-refractivity contribution < 1.29 is 33.8 Å². The lowest BCUT2D eigenvalue weighted by Crippen LogP contribution is -2.63. The van der Waals surface area contributed by atoms with Crippen LogP contribution in [0.3, 0.4) is 0 Å². The summed E-state index contributed by atoms with van der Waals surface area (Å²) in [5, 5.41) is 9.79. The topological polar surface area (TPSA) is 107 Å². The molecule has 0 saturated heterocycles. The highest BCUT2D eigenvalue weighted by molar-refractivity contribution is 6.03. The average Bonchev–Trinajstić information content (AvgIpc) is 3.32. The first-order chi connectivity index (χ1) is 15.8. The number of hydrogen-bond donors (Lipinski definition) is 1. The minimum atomic E-state index is -1.29. The number of allylic oxidation sites excluding steroid dienone is 3. The maximum Gasteiger partial charge on any atom is 0.337 e. The Balaban J connectivity index is 1.68. The molecule has 7 heteroatoms. The van der Waals surface area contributed by atoms with E-state index in [4.69, 9.17) is 9.47 Å². The van der Waals surface area contributed by atoms with E-state index in [0.29, 0.717) is 30.4 Å². The van der Waals surface area contributed by atoms with Crippen LogP contribution in [-0.2, 0) is 28.7 Å². The van der Waals surface area contributed by atoms with E-state index in [1.54, 1.807) is 6.08 Å². The smallest absolute Gasteiger partial charge is 0.337 e. The predicted molar refractivity (Wildman–Crippen MR) is 121 cm³/mol. The number of carbonyl (C=O) groups is 4. The molecule has 34 heavy (non-hydrogen) atoms. The molecule has 1 N–H and O–H groups in total. The van der Waals surface area contributed by atoms with Gasteiger partial charge in [0.2, 0.25) is 6.29 Å². The Morgan fingerprint density at radius 1 is 1.15 bits per heavy atom. The molecule has 7 nitrogen and oxygen atoms in total. The van der Waals surface area contributed by atoms with Crippen molar-refractivity contribution in [1.29, 1.82) is 0 Å². The molecule has 1 saturated carbocycles. The summed E-state index contributed by atoms with van der Waals surface area (Å²) in [4.78, 5) is 51.1. The highest BCUT2D eigenvalue weighted by Gasteiger charge is 2.67. The van der Waals surface area contributed by atoms with Gasteiger partial charge in [-0.15, -0.1) is 0 Å². The van der Waals surface area contributed by atoms with Gasteiger partial charge in [0.25, 0.3) is 0 Å². The summed E-state index contributed by atoms with van der Waals surface area (Å²) in [6.07, 6.45) is 5.20. The van der Waals surface area contributed by atoms with Crippen LogP contribution >= 0.6 is 0 Å². The van der Waals surface area contributed by atoms with Crippen molar-refractivity contribution in [2.45, 2.75) is 72.7 Å². The normalized spacial score (nSPS) is 42.6. The van der Waals surface area contributed by atoms with Crippen molar-refractivity contribution in [3.8, 4) is 0 Å². The summed E-state index contributed by atoms with van der Waals surface area (Å²) < 4.78 is 10.9. The molecule has 0 amide bonds. The zero-order chi connectivity index (χ0) is 24.8. The second-order valence-corrected chi connectivity index (χ2v) is 11.5. The van der Waals surface area contributed by atoms with E-state index in [1.807, 2.05) is 19.9 Å². The van der Waals surface area contributed by atoms with Crippen molar-refractivity contribution >= 4 is 23.5 Å². The molecule has 1 fully saturated rings. The highest BCUT2D eigenvalue weighted by Crippen LogP contribution is 2.68. The second-order valence-electron chi connectivity index (χ2n) is 11.5. The Morgan fingerprint density at radius 3 is 2.47 bits per heavy atom. The zero-order valence-corrected chi connectivity index (χ0v) is 20.3. The van der Waals surface area contributed by atoms with Crippen molar-refractivity contribution in [3.05, 3.63) is 34.9 Å². The molecular weight excluding hydrogens is 436 g/mol. The van der Waals surface area contributed by atoms with Crippen LogP contribution in [0.4, 0.5) is 0 Å². The number of cyclic esters (lactones) is 1. The summed E-state index contributed by atoms with van der Waals surface area (Å²) in [5.41, 5.74) is 0.205. The number of hydrogen-bond acceptors (Lipinski definition) is 7. The van der Waals surface area contributed by atoms with Crippen LogP contribution in [-0.4, -0.2) is 41.0 Å². The fourth-order valence-electron chi connectivity index (χ4n) is 7.98.